The molecule has 0 unspecified atom stereocenters. The van der Waals surface area contributed by atoms with Crippen molar-refractivity contribution < 1.29 is 22.7 Å². The average Bonchev–Trinajstić information content (AvgIpc) is 2.77. The number of nitrogens with one attached hydrogen (secondary N) is 1. The lowest BCUT2D eigenvalue weighted by atomic mass is 9.98. The van der Waals surface area contributed by atoms with Gasteiger partial charge in [-0.3, -0.25) is 9.59 Å². The van der Waals surface area contributed by atoms with E-state index in [9.17, 15) is 18.0 Å². The normalized spacial score (nSPS) is 15.5. The van der Waals surface area contributed by atoms with Crippen LogP contribution in [-0.2, 0) is 30.9 Å². The van der Waals surface area contributed by atoms with Crippen molar-refractivity contribution >= 4 is 21.9 Å². The van der Waals surface area contributed by atoms with Gasteiger partial charge in [0.1, 0.15) is 0 Å². The predicted octanol–water partition coefficient (Wildman–Crippen LogP) is 2.26. The Hall–Kier alpha value is -2.71. The van der Waals surface area contributed by atoms with Crippen LogP contribution in [0.2, 0.25) is 0 Å². The lowest BCUT2D eigenvalue weighted by Crippen LogP contribution is -2.41. The number of aryl methyl sites for hydroxylation is 1. The Morgan fingerprint density at radius 3 is 2.33 bits per heavy atom. The van der Waals surface area contributed by atoms with E-state index in [1.807, 2.05) is 31.2 Å². The molecular formula is C22H26N2O5S. The Morgan fingerprint density at radius 1 is 1.03 bits per heavy atom. The highest BCUT2D eigenvalue weighted by atomic mass is 32.2. The Bertz CT molecular complexity index is 984. The molecule has 2 aromatic rings. The number of carbonyl (C=O) groups excluding carboxylic acids is 2. The van der Waals surface area contributed by atoms with Crippen LogP contribution in [-0.4, -0.2) is 44.3 Å². The molecule has 8 heteroatoms. The highest BCUT2D eigenvalue weighted by Gasteiger charge is 2.32. The van der Waals surface area contributed by atoms with E-state index in [-0.39, 0.29) is 30.5 Å². The molecule has 1 aliphatic rings. The molecule has 1 saturated heterocycles. The minimum Gasteiger partial charge on any atom is -0.455 e. The molecular weight excluding hydrogens is 404 g/mol. The minimum absolute atomic E-state index is 0.247. The van der Waals surface area contributed by atoms with E-state index in [1.165, 1.54) is 4.31 Å². The highest BCUT2D eigenvalue weighted by Crippen LogP contribution is 2.24. The van der Waals surface area contributed by atoms with Crippen molar-refractivity contribution in [2.45, 2.75) is 31.2 Å². The van der Waals surface area contributed by atoms with Crippen LogP contribution in [0.25, 0.3) is 0 Å². The van der Waals surface area contributed by atoms with Gasteiger partial charge in [0.25, 0.3) is 5.91 Å². The Kier molecular flexibility index (Phi) is 7.23. The first-order valence-corrected chi connectivity index (χ1v) is 11.3. The number of benzene rings is 2. The van der Waals surface area contributed by atoms with Gasteiger partial charge in [-0.1, -0.05) is 42.5 Å². The number of hydrogen-bond donors (Lipinski definition) is 1. The minimum atomic E-state index is -3.56. The van der Waals surface area contributed by atoms with Gasteiger partial charge < -0.3 is 10.1 Å². The standard InChI is InChI=1S/C22H26N2O5S/c1-17-7-5-6-8-19(17)15-23-21(25)16-29-22(26)18-11-13-24(14-12-18)30(27,28)20-9-3-2-4-10-20/h2-10,18H,11-16H2,1H3,(H,23,25). The molecule has 0 aliphatic carbocycles. The van der Waals surface area contributed by atoms with Crippen LogP contribution in [0.1, 0.15) is 24.0 Å². The molecule has 3 rings (SSSR count). The third-order valence-corrected chi connectivity index (χ3v) is 7.16. The van der Waals surface area contributed by atoms with Gasteiger partial charge >= 0.3 is 5.97 Å². The second kappa shape index (κ2) is 9.86. The van der Waals surface area contributed by atoms with E-state index >= 15 is 0 Å². The van der Waals surface area contributed by atoms with Crippen LogP contribution in [0.5, 0.6) is 0 Å². The van der Waals surface area contributed by atoms with Crippen molar-refractivity contribution in [3.63, 3.8) is 0 Å². The Labute approximate surface area is 177 Å². The zero-order chi connectivity index (χ0) is 21.6. The van der Waals surface area contributed by atoms with Gasteiger partial charge in [0, 0.05) is 19.6 Å². The largest absolute Gasteiger partial charge is 0.455 e. The topological polar surface area (TPSA) is 92.8 Å². The van der Waals surface area contributed by atoms with Gasteiger partial charge in [-0.25, -0.2) is 8.42 Å². The number of ether oxygens (including phenoxy) is 1. The summed E-state index contributed by atoms with van der Waals surface area (Å²) in [5.41, 5.74) is 2.08. The summed E-state index contributed by atoms with van der Waals surface area (Å²) in [4.78, 5) is 24.5. The van der Waals surface area contributed by atoms with Gasteiger partial charge in [-0.15, -0.1) is 0 Å². The fourth-order valence-electron chi connectivity index (χ4n) is 3.38. The summed E-state index contributed by atoms with van der Waals surface area (Å²) in [7, 11) is -3.56. The predicted molar refractivity (Wildman–Crippen MR) is 112 cm³/mol. The maximum atomic E-state index is 12.6. The van der Waals surface area contributed by atoms with Crippen LogP contribution in [0.4, 0.5) is 0 Å². The molecule has 1 heterocycles. The van der Waals surface area contributed by atoms with Gasteiger partial charge in [-0.2, -0.15) is 4.31 Å². The summed E-state index contributed by atoms with van der Waals surface area (Å²) in [5, 5.41) is 2.74. The number of hydrogen-bond acceptors (Lipinski definition) is 5. The zero-order valence-corrected chi connectivity index (χ0v) is 17.7. The number of rotatable bonds is 7. The summed E-state index contributed by atoms with van der Waals surface area (Å²) in [6, 6.07) is 16.0. The fraction of sp³-hybridized carbons (Fsp3) is 0.364. The molecule has 1 aliphatic heterocycles. The van der Waals surface area contributed by atoms with Crippen LogP contribution < -0.4 is 5.32 Å². The summed E-state index contributed by atoms with van der Waals surface area (Å²) in [6.07, 6.45) is 0.742. The zero-order valence-electron chi connectivity index (χ0n) is 16.9. The quantitative estimate of drug-likeness (QED) is 0.680. The molecule has 0 spiro atoms. The number of esters is 1. The van der Waals surface area contributed by atoms with E-state index < -0.39 is 21.9 Å². The molecule has 30 heavy (non-hydrogen) atoms. The Balaban J connectivity index is 1.43. The SMILES string of the molecule is Cc1ccccc1CNC(=O)COC(=O)C1CCN(S(=O)(=O)c2ccccc2)CC1. The van der Waals surface area contributed by atoms with Crippen molar-refractivity contribution in [1.82, 2.24) is 9.62 Å². The number of nitrogens with zero attached hydrogens (tertiary/aromatic N) is 1. The van der Waals surface area contributed by atoms with Gasteiger partial charge in [0.2, 0.25) is 10.0 Å². The van der Waals surface area contributed by atoms with E-state index in [4.69, 9.17) is 4.74 Å². The van der Waals surface area contributed by atoms with Crippen molar-refractivity contribution in [3.05, 3.63) is 65.7 Å². The van der Waals surface area contributed by atoms with E-state index in [0.29, 0.717) is 19.4 Å². The molecule has 0 saturated carbocycles. The molecule has 0 atom stereocenters. The maximum absolute atomic E-state index is 12.6. The van der Waals surface area contributed by atoms with Gasteiger partial charge in [0.05, 0.1) is 10.8 Å². The van der Waals surface area contributed by atoms with E-state index in [2.05, 4.69) is 5.32 Å². The molecule has 7 nitrogen and oxygen atoms in total. The van der Waals surface area contributed by atoms with Crippen molar-refractivity contribution in [1.29, 1.82) is 0 Å². The molecule has 1 fully saturated rings. The lowest BCUT2D eigenvalue weighted by molar-refractivity contribution is -0.153. The summed E-state index contributed by atoms with van der Waals surface area (Å²) < 4.78 is 31.8. The van der Waals surface area contributed by atoms with Gasteiger partial charge in [0.15, 0.2) is 6.61 Å². The first kappa shape index (κ1) is 22.0. The molecule has 1 amide bonds. The van der Waals surface area contributed by atoms with E-state index in [1.54, 1.807) is 30.3 Å². The molecule has 0 radical (unpaired) electrons. The highest BCUT2D eigenvalue weighted by molar-refractivity contribution is 7.89. The second-order valence-corrected chi connectivity index (χ2v) is 9.24. The summed E-state index contributed by atoms with van der Waals surface area (Å²) in [5.74, 6) is -1.23. The van der Waals surface area contributed by atoms with Crippen LogP contribution in [0.15, 0.2) is 59.5 Å². The van der Waals surface area contributed by atoms with Crippen molar-refractivity contribution in [2.75, 3.05) is 19.7 Å². The van der Waals surface area contributed by atoms with Crippen molar-refractivity contribution in [2.24, 2.45) is 5.92 Å². The molecule has 0 aromatic heterocycles. The monoisotopic (exact) mass is 430 g/mol. The van der Waals surface area contributed by atoms with E-state index in [0.717, 1.165) is 11.1 Å². The molecule has 0 bridgehead atoms. The molecule has 2 aromatic carbocycles. The maximum Gasteiger partial charge on any atom is 0.309 e. The summed E-state index contributed by atoms with van der Waals surface area (Å²) in [6.45, 7) is 2.49. The first-order valence-electron chi connectivity index (χ1n) is 9.91. The molecule has 1 N–H and O–H groups in total. The second-order valence-electron chi connectivity index (χ2n) is 7.30. The first-order chi connectivity index (χ1) is 14.4. The average molecular weight is 431 g/mol. The summed E-state index contributed by atoms with van der Waals surface area (Å²) >= 11 is 0. The van der Waals surface area contributed by atoms with Crippen LogP contribution in [0.3, 0.4) is 0 Å². The van der Waals surface area contributed by atoms with Crippen LogP contribution >= 0.6 is 0 Å². The smallest absolute Gasteiger partial charge is 0.309 e. The molecule has 160 valence electrons. The number of amides is 1. The number of sulfonamides is 1. The lowest BCUT2D eigenvalue weighted by Gasteiger charge is -2.30. The van der Waals surface area contributed by atoms with Crippen LogP contribution in [0, 0.1) is 12.8 Å². The Morgan fingerprint density at radius 2 is 1.67 bits per heavy atom. The van der Waals surface area contributed by atoms with Gasteiger partial charge in [-0.05, 0) is 43.0 Å². The number of carbonyl (C=O) groups is 2. The van der Waals surface area contributed by atoms with Crippen molar-refractivity contribution in [3.8, 4) is 0 Å². The number of piperidine rings is 1. The third-order valence-electron chi connectivity index (χ3n) is 5.25. The third kappa shape index (κ3) is 5.46. The fourth-order valence-corrected chi connectivity index (χ4v) is 4.87.